The number of fused-ring (bicyclic) bond motifs is 2. The second-order valence-electron chi connectivity index (χ2n) is 9.08. The molecule has 0 saturated heterocycles. The van der Waals surface area contributed by atoms with Crippen molar-refractivity contribution in [3.63, 3.8) is 0 Å². The highest BCUT2D eigenvalue weighted by Gasteiger charge is 2.18. The van der Waals surface area contributed by atoms with Gasteiger partial charge < -0.3 is 19.3 Å². The molecule has 0 fully saturated rings. The minimum atomic E-state index is -0.614. The molecule has 0 bridgehead atoms. The molecule has 0 aliphatic carbocycles. The molecule has 0 unspecified atom stereocenters. The second-order valence-corrected chi connectivity index (χ2v) is 9.08. The summed E-state index contributed by atoms with van der Waals surface area (Å²) < 4.78 is 3.52. The average molecular weight is 517 g/mol. The summed E-state index contributed by atoms with van der Waals surface area (Å²) in [5, 5.41) is 38.2. The Bertz CT molecular complexity index is 1400. The molecule has 2 aromatic carbocycles. The maximum atomic E-state index is 12.3. The van der Waals surface area contributed by atoms with Crippen LogP contribution >= 0.6 is 0 Å². The summed E-state index contributed by atoms with van der Waals surface area (Å²) in [5.74, 6) is -1.31. The third-order valence-electron chi connectivity index (χ3n) is 6.38. The third kappa shape index (κ3) is 5.64. The number of carbonyl (C=O) groups excluding carboxylic acids is 2. The zero-order valence-electron chi connectivity index (χ0n) is 21.7. The third-order valence-corrected chi connectivity index (χ3v) is 6.38. The summed E-state index contributed by atoms with van der Waals surface area (Å²) >= 11 is 0. The topological polar surface area (TPSA) is 134 Å². The molecule has 2 amide bonds. The van der Waals surface area contributed by atoms with Crippen LogP contribution in [0.5, 0.6) is 11.8 Å². The van der Waals surface area contributed by atoms with E-state index in [2.05, 4.69) is 34.3 Å². The van der Waals surface area contributed by atoms with Crippen molar-refractivity contribution >= 4 is 45.0 Å². The van der Waals surface area contributed by atoms with E-state index in [9.17, 15) is 19.8 Å². The number of para-hydroxylation sites is 2. The monoisotopic (exact) mass is 516 g/mol. The molecule has 38 heavy (non-hydrogen) atoms. The van der Waals surface area contributed by atoms with Crippen LogP contribution in [0.4, 0.5) is 11.4 Å². The first-order valence-electron chi connectivity index (χ1n) is 13.0. The summed E-state index contributed by atoms with van der Waals surface area (Å²) in [5.41, 5.74) is 2.08. The number of aromatic nitrogens is 2. The van der Waals surface area contributed by atoms with Gasteiger partial charge in [0.2, 0.25) is 11.8 Å². The molecular formula is C28H32N6O4. The van der Waals surface area contributed by atoms with Crippen LogP contribution in [0.15, 0.2) is 69.0 Å². The number of benzene rings is 2. The fraction of sp³-hybridized carbons (Fsp3) is 0.357. The molecule has 0 saturated carbocycles. The second kappa shape index (κ2) is 12.3. The molecule has 0 spiro atoms. The summed E-state index contributed by atoms with van der Waals surface area (Å²) in [6.45, 7) is 5.38. The number of unbranched alkanes of at least 4 members (excludes halogenated alkanes) is 2. The zero-order chi connectivity index (χ0) is 27.1. The average Bonchev–Trinajstić information content (AvgIpc) is 3.36. The van der Waals surface area contributed by atoms with Crippen LogP contribution in [-0.4, -0.2) is 31.2 Å². The summed E-state index contributed by atoms with van der Waals surface area (Å²) in [7, 11) is 0. The van der Waals surface area contributed by atoms with Gasteiger partial charge >= 0.3 is 0 Å². The Hall–Kier alpha value is -4.34. The molecule has 10 heteroatoms. The molecule has 2 aromatic heterocycles. The van der Waals surface area contributed by atoms with Crippen molar-refractivity contribution in [2.45, 2.75) is 65.5 Å². The highest BCUT2D eigenvalue weighted by atomic mass is 16.3. The lowest BCUT2D eigenvalue weighted by molar-refractivity contribution is -0.123. The first-order valence-corrected chi connectivity index (χ1v) is 13.0. The van der Waals surface area contributed by atoms with Crippen molar-refractivity contribution in [1.29, 1.82) is 0 Å². The summed E-state index contributed by atoms with van der Waals surface area (Å²) in [6.07, 6.45) is 3.28. The zero-order valence-corrected chi connectivity index (χ0v) is 21.7. The number of carbonyl (C=O) groups is 2. The Morgan fingerprint density at radius 2 is 1.08 bits per heavy atom. The Morgan fingerprint density at radius 3 is 1.47 bits per heavy atom. The summed E-state index contributed by atoms with van der Waals surface area (Å²) in [4.78, 5) is 24.7. The number of aromatic hydroxyl groups is 2. The molecule has 4 aromatic rings. The molecule has 0 aliphatic rings. The van der Waals surface area contributed by atoms with Crippen LogP contribution < -0.4 is 0 Å². The highest BCUT2D eigenvalue weighted by Crippen LogP contribution is 2.40. The van der Waals surface area contributed by atoms with Crippen LogP contribution in [0.2, 0.25) is 0 Å². The smallest absolute Gasteiger partial charge is 0.265 e. The number of aryl methyl sites for hydroxylation is 2. The molecule has 0 aliphatic heterocycles. The molecule has 2 N–H and O–H groups in total. The molecule has 10 nitrogen and oxygen atoms in total. The molecule has 0 radical (unpaired) electrons. The fourth-order valence-electron chi connectivity index (χ4n) is 4.35. The minimum Gasteiger partial charge on any atom is -0.493 e. The van der Waals surface area contributed by atoms with Crippen LogP contribution in [0.1, 0.15) is 52.4 Å². The standard InChI is InChI=1S/C28H32N6O4/c1-3-5-17-33-21-13-9-7-11-19(21)25(27(33)37)31-29-23(35)15-16-24(36)30-32-26-20-12-8-10-14-22(20)34(28(26)38)18-6-4-2/h7-14,37-38H,3-6,15-18H2,1-2H3. The first-order chi connectivity index (χ1) is 18.5. The quantitative estimate of drug-likeness (QED) is 0.202. The van der Waals surface area contributed by atoms with Gasteiger partial charge in [-0.25, -0.2) is 0 Å². The maximum Gasteiger partial charge on any atom is 0.265 e. The van der Waals surface area contributed by atoms with Gasteiger partial charge in [-0.1, -0.05) is 63.1 Å². The van der Waals surface area contributed by atoms with E-state index in [1.807, 2.05) is 48.5 Å². The van der Waals surface area contributed by atoms with E-state index < -0.39 is 11.8 Å². The van der Waals surface area contributed by atoms with E-state index in [1.165, 1.54) is 0 Å². The molecular weight excluding hydrogens is 484 g/mol. The van der Waals surface area contributed by atoms with E-state index in [0.717, 1.165) is 36.7 Å². The van der Waals surface area contributed by atoms with Crippen molar-refractivity contribution in [2.24, 2.45) is 20.5 Å². The summed E-state index contributed by atoms with van der Waals surface area (Å²) in [6, 6.07) is 14.8. The number of rotatable bonds is 11. The van der Waals surface area contributed by atoms with Crippen LogP contribution in [-0.2, 0) is 22.7 Å². The van der Waals surface area contributed by atoms with Gasteiger partial charge in [-0.3, -0.25) is 9.59 Å². The van der Waals surface area contributed by atoms with Gasteiger partial charge in [-0.15, -0.1) is 20.5 Å². The van der Waals surface area contributed by atoms with E-state index in [-0.39, 0.29) is 36.0 Å². The molecule has 198 valence electrons. The fourth-order valence-corrected chi connectivity index (χ4v) is 4.35. The molecule has 4 rings (SSSR count). The van der Waals surface area contributed by atoms with Crippen molar-refractivity contribution in [3.05, 3.63) is 48.5 Å². The van der Waals surface area contributed by atoms with Gasteiger partial charge in [-0.05, 0) is 25.0 Å². The lowest BCUT2D eigenvalue weighted by Crippen LogP contribution is -1.98. The van der Waals surface area contributed by atoms with Crippen LogP contribution in [0, 0.1) is 0 Å². The van der Waals surface area contributed by atoms with Crippen molar-refractivity contribution in [2.75, 3.05) is 0 Å². The lowest BCUT2D eigenvalue weighted by Gasteiger charge is -2.05. The highest BCUT2D eigenvalue weighted by molar-refractivity contribution is 5.96. The van der Waals surface area contributed by atoms with Crippen LogP contribution in [0.3, 0.4) is 0 Å². The van der Waals surface area contributed by atoms with Crippen LogP contribution in [0.25, 0.3) is 21.8 Å². The van der Waals surface area contributed by atoms with Gasteiger partial charge in [0, 0.05) is 36.7 Å². The maximum absolute atomic E-state index is 12.3. The number of azo groups is 2. The Labute approximate surface area is 220 Å². The predicted molar refractivity (Wildman–Crippen MR) is 145 cm³/mol. The Kier molecular flexibility index (Phi) is 8.62. The van der Waals surface area contributed by atoms with E-state index >= 15 is 0 Å². The number of amides is 2. The van der Waals surface area contributed by atoms with Crippen molar-refractivity contribution in [3.8, 4) is 11.8 Å². The van der Waals surface area contributed by atoms with Gasteiger partial charge in [0.1, 0.15) is 0 Å². The number of hydrogen-bond acceptors (Lipinski definition) is 6. The molecule has 0 atom stereocenters. The first kappa shape index (κ1) is 26.7. The number of nitrogens with zero attached hydrogens (tertiary/aromatic N) is 6. The van der Waals surface area contributed by atoms with Gasteiger partial charge in [0.25, 0.3) is 11.8 Å². The largest absolute Gasteiger partial charge is 0.493 e. The Morgan fingerprint density at radius 1 is 0.684 bits per heavy atom. The molecule has 2 heterocycles. The van der Waals surface area contributed by atoms with Gasteiger partial charge in [-0.2, -0.15) is 0 Å². The van der Waals surface area contributed by atoms with Crippen molar-refractivity contribution in [1.82, 2.24) is 9.13 Å². The predicted octanol–water partition coefficient (Wildman–Crippen LogP) is 7.31. The Balaban J connectivity index is 1.43. The van der Waals surface area contributed by atoms with E-state index in [1.54, 1.807) is 9.13 Å². The van der Waals surface area contributed by atoms with Gasteiger partial charge in [0.15, 0.2) is 11.4 Å². The SMILES string of the molecule is CCCCn1c(O)c(N=NC(=O)CCC(=O)N=Nc2c(O)n(CCCC)c3ccccc23)c2ccccc21. The van der Waals surface area contributed by atoms with E-state index in [0.29, 0.717) is 23.9 Å². The van der Waals surface area contributed by atoms with E-state index in [4.69, 9.17) is 0 Å². The lowest BCUT2D eigenvalue weighted by atomic mass is 10.2. The van der Waals surface area contributed by atoms with Gasteiger partial charge in [0.05, 0.1) is 11.0 Å². The number of hydrogen-bond donors (Lipinski definition) is 2. The van der Waals surface area contributed by atoms with Crippen molar-refractivity contribution < 1.29 is 19.8 Å². The minimum absolute atomic E-state index is 0.0426. The normalized spacial score (nSPS) is 11.9.